The average molecular weight is 326 g/mol. The average Bonchev–Trinajstić information content (AvgIpc) is 3.00. The predicted octanol–water partition coefficient (Wildman–Crippen LogP) is 3.87. The molecule has 0 saturated carbocycles. The van der Waals surface area contributed by atoms with Crippen molar-refractivity contribution in [2.75, 3.05) is 13.2 Å². The number of ether oxygens (including phenoxy) is 2. The zero-order valence-electron chi connectivity index (χ0n) is 14.2. The Morgan fingerprint density at radius 2 is 1.96 bits per heavy atom. The number of fused-ring (bicyclic) bond motifs is 1. The number of amides is 1. The van der Waals surface area contributed by atoms with Crippen LogP contribution in [0.1, 0.15) is 20.8 Å². The molecule has 1 aliphatic rings. The lowest BCUT2D eigenvalue weighted by molar-refractivity contribution is 0.0379. The molecule has 1 aliphatic heterocycles. The number of nitrogens with zero attached hydrogens (tertiary/aromatic N) is 2. The minimum atomic E-state index is -0.509. The fourth-order valence-electron chi connectivity index (χ4n) is 2.48. The van der Waals surface area contributed by atoms with E-state index >= 15 is 0 Å². The van der Waals surface area contributed by atoms with E-state index in [1.807, 2.05) is 51.1 Å². The lowest BCUT2D eigenvalue weighted by Gasteiger charge is -2.23. The number of aliphatic imine (C=N–C) groups is 1. The lowest BCUT2D eigenvalue weighted by Crippen LogP contribution is -2.37. The normalized spacial score (nSPS) is 17.3. The summed E-state index contributed by atoms with van der Waals surface area (Å²) < 4.78 is 11.2. The first-order valence-corrected chi connectivity index (χ1v) is 8.05. The molecule has 24 heavy (non-hydrogen) atoms. The molecule has 0 spiro atoms. The van der Waals surface area contributed by atoms with Gasteiger partial charge in [0, 0.05) is 0 Å². The van der Waals surface area contributed by atoms with Crippen molar-refractivity contribution >= 4 is 23.2 Å². The Morgan fingerprint density at radius 1 is 1.21 bits per heavy atom. The number of hydrogen-bond donors (Lipinski definition) is 0. The zero-order chi connectivity index (χ0) is 17.2. The van der Waals surface area contributed by atoms with Crippen LogP contribution < -0.4 is 4.74 Å². The van der Waals surface area contributed by atoms with Gasteiger partial charge in [-0.05, 0) is 43.7 Å². The van der Waals surface area contributed by atoms with Crippen LogP contribution in [0.4, 0.5) is 4.79 Å². The fraction of sp³-hybridized carbons (Fsp3) is 0.368. The summed E-state index contributed by atoms with van der Waals surface area (Å²) in [6.07, 6.45) is 1.15. The number of carbonyl (C=O) groups excluding carboxylic acids is 1. The van der Waals surface area contributed by atoms with E-state index in [1.54, 1.807) is 0 Å². The number of benzene rings is 2. The summed E-state index contributed by atoms with van der Waals surface area (Å²) >= 11 is 0. The second-order valence-corrected chi connectivity index (χ2v) is 6.87. The van der Waals surface area contributed by atoms with Gasteiger partial charge in [-0.1, -0.05) is 30.3 Å². The van der Waals surface area contributed by atoms with Gasteiger partial charge in [-0.2, -0.15) is 0 Å². The van der Waals surface area contributed by atoms with E-state index < -0.39 is 5.60 Å². The monoisotopic (exact) mass is 326 g/mol. The first-order valence-electron chi connectivity index (χ1n) is 8.05. The third kappa shape index (κ3) is 4.04. The number of carbonyl (C=O) groups is 1. The standard InChI is InChI=1S/C19H22N2O3/c1-19(2,3)24-18(22)21-11-16(20-13-21)12-23-17-9-8-14-6-4-5-7-15(14)10-17/h4-10,13,16H,11-12H2,1-3H3. The Balaban J connectivity index is 1.54. The molecule has 1 unspecified atom stereocenters. The van der Waals surface area contributed by atoms with Gasteiger partial charge in [0.05, 0.1) is 12.9 Å². The van der Waals surface area contributed by atoms with E-state index in [9.17, 15) is 4.79 Å². The summed E-state index contributed by atoms with van der Waals surface area (Å²) in [5.41, 5.74) is -0.509. The fourth-order valence-corrected chi connectivity index (χ4v) is 2.48. The molecule has 126 valence electrons. The molecule has 0 aliphatic carbocycles. The van der Waals surface area contributed by atoms with Crippen molar-refractivity contribution in [2.24, 2.45) is 4.99 Å². The highest BCUT2D eigenvalue weighted by molar-refractivity contribution is 5.84. The maximum absolute atomic E-state index is 12.0. The molecular formula is C19H22N2O3. The first-order chi connectivity index (χ1) is 11.4. The Kier molecular flexibility index (Phi) is 4.42. The number of hydrogen-bond acceptors (Lipinski definition) is 4. The summed E-state index contributed by atoms with van der Waals surface area (Å²) in [5.74, 6) is 0.805. The molecule has 0 radical (unpaired) electrons. The van der Waals surface area contributed by atoms with Crippen molar-refractivity contribution in [2.45, 2.75) is 32.4 Å². The second kappa shape index (κ2) is 6.51. The maximum Gasteiger partial charge on any atom is 0.415 e. The molecule has 3 rings (SSSR count). The molecule has 0 bridgehead atoms. The molecule has 5 heteroatoms. The van der Waals surface area contributed by atoms with Gasteiger partial charge in [0.15, 0.2) is 0 Å². The van der Waals surface area contributed by atoms with Crippen LogP contribution in [-0.4, -0.2) is 42.1 Å². The zero-order valence-corrected chi connectivity index (χ0v) is 14.2. The minimum absolute atomic E-state index is 0.0796. The van der Waals surface area contributed by atoms with Crippen LogP contribution >= 0.6 is 0 Å². The third-order valence-corrected chi connectivity index (χ3v) is 3.62. The molecule has 5 nitrogen and oxygen atoms in total. The summed E-state index contributed by atoms with van der Waals surface area (Å²) in [6.45, 7) is 6.44. The van der Waals surface area contributed by atoms with Crippen LogP contribution in [0.5, 0.6) is 5.75 Å². The van der Waals surface area contributed by atoms with E-state index in [4.69, 9.17) is 9.47 Å². The topological polar surface area (TPSA) is 51.1 Å². The van der Waals surface area contributed by atoms with Crippen molar-refractivity contribution < 1.29 is 14.3 Å². The highest BCUT2D eigenvalue weighted by Gasteiger charge is 2.27. The van der Waals surface area contributed by atoms with Crippen molar-refractivity contribution in [3.8, 4) is 5.75 Å². The Morgan fingerprint density at radius 3 is 2.71 bits per heavy atom. The summed E-state index contributed by atoms with van der Waals surface area (Å²) in [7, 11) is 0. The molecule has 0 aromatic heterocycles. The van der Waals surface area contributed by atoms with E-state index in [2.05, 4.69) is 17.1 Å². The number of rotatable bonds is 3. The van der Waals surface area contributed by atoms with Crippen LogP contribution in [-0.2, 0) is 4.74 Å². The quantitative estimate of drug-likeness (QED) is 0.860. The first kappa shape index (κ1) is 16.3. The second-order valence-electron chi connectivity index (χ2n) is 6.87. The van der Waals surface area contributed by atoms with Gasteiger partial charge < -0.3 is 9.47 Å². The van der Waals surface area contributed by atoms with Crippen molar-refractivity contribution in [1.29, 1.82) is 0 Å². The molecule has 0 N–H and O–H groups in total. The highest BCUT2D eigenvalue weighted by Crippen LogP contribution is 2.21. The van der Waals surface area contributed by atoms with Crippen LogP contribution in [0, 0.1) is 0 Å². The predicted molar refractivity (Wildman–Crippen MR) is 94.7 cm³/mol. The van der Waals surface area contributed by atoms with Crippen LogP contribution in [0.15, 0.2) is 47.5 Å². The van der Waals surface area contributed by atoms with E-state index in [0.29, 0.717) is 13.2 Å². The highest BCUT2D eigenvalue weighted by atomic mass is 16.6. The van der Waals surface area contributed by atoms with Crippen molar-refractivity contribution in [3.05, 3.63) is 42.5 Å². The van der Waals surface area contributed by atoms with Crippen LogP contribution in [0.2, 0.25) is 0 Å². The van der Waals surface area contributed by atoms with Crippen molar-refractivity contribution in [3.63, 3.8) is 0 Å². The minimum Gasteiger partial charge on any atom is -0.491 e. The van der Waals surface area contributed by atoms with Gasteiger partial charge in [0.1, 0.15) is 24.0 Å². The van der Waals surface area contributed by atoms with Crippen molar-refractivity contribution in [1.82, 2.24) is 4.90 Å². The largest absolute Gasteiger partial charge is 0.491 e. The van der Waals surface area contributed by atoms with Crippen LogP contribution in [0.3, 0.4) is 0 Å². The maximum atomic E-state index is 12.0. The SMILES string of the molecule is CC(C)(C)OC(=O)N1C=NC(COc2ccc3ccccc3c2)C1. The van der Waals surface area contributed by atoms with Gasteiger partial charge in [-0.25, -0.2) is 4.79 Å². The summed E-state index contributed by atoms with van der Waals surface area (Å²) in [5, 5.41) is 2.32. The van der Waals surface area contributed by atoms with E-state index in [-0.39, 0.29) is 12.1 Å². The molecule has 1 atom stereocenters. The molecule has 2 aromatic carbocycles. The van der Waals surface area contributed by atoms with Crippen LogP contribution in [0.25, 0.3) is 10.8 Å². The van der Waals surface area contributed by atoms with Gasteiger partial charge in [-0.15, -0.1) is 0 Å². The van der Waals surface area contributed by atoms with E-state index in [1.165, 1.54) is 16.6 Å². The lowest BCUT2D eigenvalue weighted by atomic mass is 10.1. The van der Waals surface area contributed by atoms with Gasteiger partial charge in [0.25, 0.3) is 0 Å². The molecular weight excluding hydrogens is 304 g/mol. The van der Waals surface area contributed by atoms with Gasteiger partial charge >= 0.3 is 6.09 Å². The Labute approximate surface area is 141 Å². The molecule has 0 fully saturated rings. The summed E-state index contributed by atoms with van der Waals surface area (Å²) in [4.78, 5) is 17.8. The van der Waals surface area contributed by atoms with Gasteiger partial charge in [0.2, 0.25) is 0 Å². The van der Waals surface area contributed by atoms with Gasteiger partial charge in [-0.3, -0.25) is 9.89 Å². The molecule has 1 heterocycles. The summed E-state index contributed by atoms with van der Waals surface area (Å²) in [6, 6.07) is 14.1. The Hall–Kier alpha value is -2.56. The molecule has 1 amide bonds. The van der Waals surface area contributed by atoms with E-state index in [0.717, 1.165) is 11.1 Å². The molecule has 0 saturated heterocycles. The molecule has 2 aromatic rings. The smallest absolute Gasteiger partial charge is 0.415 e. The third-order valence-electron chi connectivity index (χ3n) is 3.62. The Bertz CT molecular complexity index is 765.